The topological polar surface area (TPSA) is 66.9 Å². The predicted octanol–water partition coefficient (Wildman–Crippen LogP) is 5.00. The van der Waals surface area contributed by atoms with Gasteiger partial charge in [0.2, 0.25) is 5.95 Å². The Bertz CT molecular complexity index is 943. The van der Waals surface area contributed by atoms with E-state index >= 15 is 0 Å². The maximum atomic E-state index is 12.6. The molecule has 26 heavy (non-hydrogen) atoms. The van der Waals surface area contributed by atoms with Crippen molar-refractivity contribution in [3.05, 3.63) is 76.6 Å². The van der Waals surface area contributed by atoms with E-state index in [2.05, 4.69) is 20.6 Å². The highest BCUT2D eigenvalue weighted by molar-refractivity contribution is 6.30. The molecule has 6 heteroatoms. The maximum absolute atomic E-state index is 12.6. The van der Waals surface area contributed by atoms with E-state index in [1.807, 2.05) is 50.2 Å². The smallest absolute Gasteiger partial charge is 0.274 e. The van der Waals surface area contributed by atoms with Crippen LogP contribution in [0.25, 0.3) is 0 Å². The van der Waals surface area contributed by atoms with E-state index in [0.29, 0.717) is 11.0 Å². The van der Waals surface area contributed by atoms with Gasteiger partial charge in [0.25, 0.3) is 5.91 Å². The van der Waals surface area contributed by atoms with Crippen molar-refractivity contribution in [2.24, 2.45) is 0 Å². The molecule has 0 unspecified atom stereocenters. The van der Waals surface area contributed by atoms with Gasteiger partial charge in [-0.2, -0.15) is 0 Å². The third kappa shape index (κ3) is 4.18. The van der Waals surface area contributed by atoms with Crippen LogP contribution in [0.15, 0.2) is 54.7 Å². The fourth-order valence-corrected chi connectivity index (χ4v) is 2.70. The summed E-state index contributed by atoms with van der Waals surface area (Å²) in [6, 6.07) is 14.8. The van der Waals surface area contributed by atoms with Gasteiger partial charge in [-0.15, -0.1) is 0 Å². The first kappa shape index (κ1) is 17.9. The number of carbonyl (C=O) groups is 1. The van der Waals surface area contributed by atoms with Gasteiger partial charge in [-0.3, -0.25) is 4.79 Å². The van der Waals surface area contributed by atoms with Crippen LogP contribution in [-0.4, -0.2) is 15.9 Å². The van der Waals surface area contributed by atoms with Crippen molar-refractivity contribution in [3.63, 3.8) is 0 Å². The first-order valence-corrected chi connectivity index (χ1v) is 8.70. The average Bonchev–Trinajstić information content (AvgIpc) is 2.65. The van der Waals surface area contributed by atoms with Crippen molar-refractivity contribution in [2.45, 2.75) is 20.3 Å². The number of aryl methyl sites for hydroxylation is 2. The number of amides is 1. The van der Waals surface area contributed by atoms with Gasteiger partial charge in [0.1, 0.15) is 5.69 Å². The Morgan fingerprint density at radius 1 is 1.12 bits per heavy atom. The van der Waals surface area contributed by atoms with Gasteiger partial charge >= 0.3 is 0 Å². The molecule has 2 N–H and O–H groups in total. The lowest BCUT2D eigenvalue weighted by atomic mass is 10.1. The molecule has 0 saturated carbocycles. The number of anilines is 3. The number of rotatable bonds is 5. The number of hydrogen-bond donors (Lipinski definition) is 2. The standard InChI is InChI=1S/C20H19ClN4O/c1-3-14-6-4-5-7-16(14)23-19(26)17-10-11-22-20(24-17)25-18-12-15(21)9-8-13(18)2/h4-12H,3H2,1-2H3,(H,23,26)(H,22,24,25). The van der Waals surface area contributed by atoms with Gasteiger partial charge in [-0.05, 0) is 48.7 Å². The second kappa shape index (κ2) is 7.97. The number of para-hydroxylation sites is 1. The molecule has 3 aromatic rings. The minimum absolute atomic E-state index is 0.279. The van der Waals surface area contributed by atoms with E-state index in [1.54, 1.807) is 18.3 Å². The fraction of sp³-hybridized carbons (Fsp3) is 0.150. The molecule has 0 aliphatic carbocycles. The molecule has 2 aromatic carbocycles. The molecule has 0 aliphatic heterocycles. The van der Waals surface area contributed by atoms with E-state index in [1.165, 1.54) is 0 Å². The molecule has 0 atom stereocenters. The molecule has 0 saturated heterocycles. The van der Waals surface area contributed by atoms with Crippen LogP contribution in [0.5, 0.6) is 0 Å². The average molecular weight is 367 g/mol. The van der Waals surface area contributed by atoms with Crippen molar-refractivity contribution in [1.82, 2.24) is 9.97 Å². The maximum Gasteiger partial charge on any atom is 0.274 e. The molecule has 0 radical (unpaired) electrons. The number of aromatic nitrogens is 2. The summed E-state index contributed by atoms with van der Waals surface area (Å²) in [5, 5.41) is 6.63. The van der Waals surface area contributed by atoms with E-state index in [-0.39, 0.29) is 11.6 Å². The van der Waals surface area contributed by atoms with Crippen LogP contribution in [-0.2, 0) is 6.42 Å². The summed E-state index contributed by atoms with van der Waals surface area (Å²) in [6.45, 7) is 4.00. The number of nitrogens with one attached hydrogen (secondary N) is 2. The molecule has 0 aliphatic rings. The molecule has 5 nitrogen and oxygen atoms in total. The molecular formula is C20H19ClN4O. The van der Waals surface area contributed by atoms with Crippen LogP contribution in [0.4, 0.5) is 17.3 Å². The van der Waals surface area contributed by atoms with Gasteiger partial charge in [0.05, 0.1) is 0 Å². The Morgan fingerprint density at radius 3 is 2.73 bits per heavy atom. The summed E-state index contributed by atoms with van der Waals surface area (Å²) in [5.74, 6) is 0.0611. The molecule has 0 fully saturated rings. The lowest BCUT2D eigenvalue weighted by molar-refractivity contribution is 0.102. The number of nitrogens with zero attached hydrogens (tertiary/aromatic N) is 2. The van der Waals surface area contributed by atoms with Crippen molar-refractivity contribution in [1.29, 1.82) is 0 Å². The second-order valence-electron chi connectivity index (χ2n) is 5.81. The predicted molar refractivity (Wildman–Crippen MR) is 105 cm³/mol. The SMILES string of the molecule is CCc1ccccc1NC(=O)c1ccnc(Nc2cc(Cl)ccc2C)n1. The van der Waals surface area contributed by atoms with E-state index in [0.717, 1.165) is 28.9 Å². The number of benzene rings is 2. The third-order valence-electron chi connectivity index (χ3n) is 3.98. The molecule has 1 amide bonds. The van der Waals surface area contributed by atoms with Crippen LogP contribution < -0.4 is 10.6 Å². The Hall–Kier alpha value is -2.92. The lowest BCUT2D eigenvalue weighted by Crippen LogP contribution is -2.15. The van der Waals surface area contributed by atoms with Gasteiger partial charge in [0.15, 0.2) is 0 Å². The summed E-state index contributed by atoms with van der Waals surface area (Å²) < 4.78 is 0. The van der Waals surface area contributed by atoms with E-state index in [9.17, 15) is 4.79 Å². The van der Waals surface area contributed by atoms with Crippen LogP contribution >= 0.6 is 11.6 Å². The van der Waals surface area contributed by atoms with Crippen LogP contribution in [0.1, 0.15) is 28.5 Å². The van der Waals surface area contributed by atoms with E-state index < -0.39 is 0 Å². The van der Waals surface area contributed by atoms with E-state index in [4.69, 9.17) is 11.6 Å². The lowest BCUT2D eigenvalue weighted by Gasteiger charge is -2.11. The molecule has 3 rings (SSSR count). The van der Waals surface area contributed by atoms with Gasteiger partial charge in [-0.25, -0.2) is 9.97 Å². The van der Waals surface area contributed by atoms with Crippen molar-refractivity contribution < 1.29 is 4.79 Å². The minimum Gasteiger partial charge on any atom is -0.324 e. The monoisotopic (exact) mass is 366 g/mol. The number of halogens is 1. The highest BCUT2D eigenvalue weighted by atomic mass is 35.5. The Kier molecular flexibility index (Phi) is 5.49. The Morgan fingerprint density at radius 2 is 1.92 bits per heavy atom. The fourth-order valence-electron chi connectivity index (χ4n) is 2.53. The number of carbonyl (C=O) groups excluding carboxylic acids is 1. The quantitative estimate of drug-likeness (QED) is 0.667. The molecule has 1 aromatic heterocycles. The molecule has 0 spiro atoms. The minimum atomic E-state index is -0.279. The summed E-state index contributed by atoms with van der Waals surface area (Å²) in [6.07, 6.45) is 2.39. The van der Waals surface area contributed by atoms with Crippen molar-refractivity contribution in [2.75, 3.05) is 10.6 Å². The molecule has 132 valence electrons. The third-order valence-corrected chi connectivity index (χ3v) is 4.22. The highest BCUT2D eigenvalue weighted by Gasteiger charge is 2.11. The van der Waals surface area contributed by atoms with Gasteiger partial charge in [-0.1, -0.05) is 42.8 Å². The zero-order valence-corrected chi connectivity index (χ0v) is 15.3. The largest absolute Gasteiger partial charge is 0.324 e. The first-order valence-electron chi connectivity index (χ1n) is 8.32. The summed E-state index contributed by atoms with van der Waals surface area (Å²) in [7, 11) is 0. The highest BCUT2D eigenvalue weighted by Crippen LogP contribution is 2.23. The summed E-state index contributed by atoms with van der Waals surface area (Å²) in [5.41, 5.74) is 3.95. The molecular weight excluding hydrogens is 348 g/mol. The molecule has 0 bridgehead atoms. The van der Waals surface area contributed by atoms with Gasteiger partial charge < -0.3 is 10.6 Å². The summed E-state index contributed by atoms with van der Waals surface area (Å²) >= 11 is 6.04. The Balaban J connectivity index is 1.80. The van der Waals surface area contributed by atoms with Gasteiger partial charge in [0, 0.05) is 22.6 Å². The van der Waals surface area contributed by atoms with Crippen LogP contribution in [0, 0.1) is 6.92 Å². The summed E-state index contributed by atoms with van der Waals surface area (Å²) in [4.78, 5) is 21.1. The molecule has 1 heterocycles. The number of hydrogen-bond acceptors (Lipinski definition) is 4. The zero-order valence-electron chi connectivity index (χ0n) is 14.6. The van der Waals surface area contributed by atoms with Crippen molar-refractivity contribution >= 4 is 34.8 Å². The Labute approximate surface area is 157 Å². The normalized spacial score (nSPS) is 10.4. The van der Waals surface area contributed by atoms with Crippen molar-refractivity contribution in [3.8, 4) is 0 Å². The van der Waals surface area contributed by atoms with Crippen LogP contribution in [0.2, 0.25) is 5.02 Å². The zero-order chi connectivity index (χ0) is 18.5. The van der Waals surface area contributed by atoms with Crippen LogP contribution in [0.3, 0.4) is 0 Å². The second-order valence-corrected chi connectivity index (χ2v) is 6.25. The first-order chi connectivity index (χ1) is 12.6.